The second-order valence-corrected chi connectivity index (χ2v) is 7.57. The van der Waals surface area contributed by atoms with Crippen molar-refractivity contribution in [2.24, 2.45) is 0 Å². The molecule has 0 spiro atoms. The molecule has 1 heterocycles. The van der Waals surface area contributed by atoms with Crippen molar-refractivity contribution in [3.05, 3.63) is 59.7 Å². The smallest absolute Gasteiger partial charge is 0.325 e. The Labute approximate surface area is 181 Å². The van der Waals surface area contributed by atoms with Gasteiger partial charge in [-0.2, -0.15) is 0 Å². The SMILES string of the molecule is COc1ccc(CCN(C)C(=O)CN2C(=O)N[C@@](C)(c3ccccc3)C2=O)cc1OC. The maximum absolute atomic E-state index is 13.0. The minimum Gasteiger partial charge on any atom is -0.493 e. The first-order valence-electron chi connectivity index (χ1n) is 9.94. The van der Waals surface area contributed by atoms with E-state index in [4.69, 9.17) is 9.47 Å². The Morgan fingerprint density at radius 1 is 1.06 bits per heavy atom. The van der Waals surface area contributed by atoms with Crippen molar-refractivity contribution in [2.45, 2.75) is 18.9 Å². The molecule has 3 rings (SSSR count). The summed E-state index contributed by atoms with van der Waals surface area (Å²) in [5.41, 5.74) is 0.464. The highest BCUT2D eigenvalue weighted by Gasteiger charge is 2.49. The number of hydrogen-bond donors (Lipinski definition) is 1. The van der Waals surface area contributed by atoms with Crippen LogP contribution < -0.4 is 14.8 Å². The Morgan fingerprint density at radius 2 is 1.74 bits per heavy atom. The zero-order valence-corrected chi connectivity index (χ0v) is 18.2. The summed E-state index contributed by atoms with van der Waals surface area (Å²) < 4.78 is 10.5. The van der Waals surface area contributed by atoms with Crippen molar-refractivity contribution in [3.8, 4) is 11.5 Å². The normalized spacial score (nSPS) is 18.0. The number of rotatable bonds is 8. The zero-order chi connectivity index (χ0) is 22.6. The number of amides is 4. The van der Waals surface area contributed by atoms with E-state index in [0.717, 1.165) is 10.5 Å². The van der Waals surface area contributed by atoms with Crippen LogP contribution in [0.1, 0.15) is 18.1 Å². The predicted molar refractivity (Wildman–Crippen MR) is 115 cm³/mol. The Morgan fingerprint density at radius 3 is 2.39 bits per heavy atom. The monoisotopic (exact) mass is 425 g/mol. The fourth-order valence-electron chi connectivity index (χ4n) is 3.52. The van der Waals surface area contributed by atoms with E-state index in [0.29, 0.717) is 30.0 Å². The summed E-state index contributed by atoms with van der Waals surface area (Å²) in [6, 6.07) is 14.0. The summed E-state index contributed by atoms with van der Waals surface area (Å²) >= 11 is 0. The lowest BCUT2D eigenvalue weighted by Crippen LogP contribution is -2.44. The van der Waals surface area contributed by atoms with Crippen LogP contribution in [0.3, 0.4) is 0 Å². The Balaban J connectivity index is 1.62. The van der Waals surface area contributed by atoms with Gasteiger partial charge in [-0.15, -0.1) is 0 Å². The largest absolute Gasteiger partial charge is 0.493 e. The van der Waals surface area contributed by atoms with Gasteiger partial charge in [0.05, 0.1) is 14.2 Å². The first kappa shape index (κ1) is 22.1. The van der Waals surface area contributed by atoms with Gasteiger partial charge in [-0.05, 0) is 36.6 Å². The average Bonchev–Trinajstić information content (AvgIpc) is 3.01. The highest BCUT2D eigenvalue weighted by Crippen LogP contribution is 2.29. The number of urea groups is 1. The second kappa shape index (κ2) is 9.07. The van der Waals surface area contributed by atoms with Crippen molar-refractivity contribution in [1.82, 2.24) is 15.1 Å². The van der Waals surface area contributed by atoms with Crippen LogP contribution in [0.4, 0.5) is 4.79 Å². The Bertz CT molecular complexity index is 978. The van der Waals surface area contributed by atoms with Crippen LogP contribution in [0, 0.1) is 0 Å². The molecule has 8 nitrogen and oxygen atoms in total. The lowest BCUT2D eigenvalue weighted by Gasteiger charge is -2.23. The molecule has 0 aromatic heterocycles. The number of imide groups is 1. The molecular weight excluding hydrogens is 398 g/mol. The molecule has 1 N–H and O–H groups in total. The van der Waals surface area contributed by atoms with Gasteiger partial charge in [0.15, 0.2) is 11.5 Å². The predicted octanol–water partition coefficient (Wildman–Crippen LogP) is 2.17. The van der Waals surface area contributed by atoms with E-state index in [1.54, 1.807) is 52.5 Å². The number of nitrogens with zero attached hydrogens (tertiary/aromatic N) is 2. The molecule has 1 aliphatic rings. The van der Waals surface area contributed by atoms with E-state index in [9.17, 15) is 14.4 Å². The van der Waals surface area contributed by atoms with Crippen LogP contribution in [-0.2, 0) is 21.5 Å². The number of ether oxygens (including phenoxy) is 2. The molecule has 0 unspecified atom stereocenters. The number of hydrogen-bond acceptors (Lipinski definition) is 5. The first-order valence-corrected chi connectivity index (χ1v) is 9.94. The summed E-state index contributed by atoms with van der Waals surface area (Å²) in [6.45, 7) is 1.76. The molecule has 4 amide bonds. The van der Waals surface area contributed by atoms with Crippen molar-refractivity contribution in [3.63, 3.8) is 0 Å². The second-order valence-electron chi connectivity index (χ2n) is 7.57. The molecular formula is C23H27N3O5. The molecule has 164 valence electrons. The van der Waals surface area contributed by atoms with Gasteiger partial charge in [0, 0.05) is 13.6 Å². The molecule has 1 saturated heterocycles. The molecule has 0 bridgehead atoms. The molecule has 31 heavy (non-hydrogen) atoms. The van der Waals surface area contributed by atoms with E-state index < -0.39 is 17.5 Å². The lowest BCUT2D eigenvalue weighted by atomic mass is 9.92. The maximum atomic E-state index is 13.0. The zero-order valence-electron chi connectivity index (χ0n) is 18.2. The van der Waals surface area contributed by atoms with Gasteiger partial charge in [-0.1, -0.05) is 36.4 Å². The summed E-state index contributed by atoms with van der Waals surface area (Å²) in [6.07, 6.45) is 0.588. The van der Waals surface area contributed by atoms with Gasteiger partial charge in [-0.25, -0.2) is 4.79 Å². The number of carbonyl (C=O) groups excluding carboxylic acids is 3. The maximum Gasteiger partial charge on any atom is 0.325 e. The van der Waals surface area contributed by atoms with Crippen LogP contribution >= 0.6 is 0 Å². The van der Waals surface area contributed by atoms with Gasteiger partial charge in [0.2, 0.25) is 5.91 Å². The molecule has 2 aromatic carbocycles. The van der Waals surface area contributed by atoms with Crippen molar-refractivity contribution < 1.29 is 23.9 Å². The molecule has 0 radical (unpaired) electrons. The number of methoxy groups -OCH3 is 2. The summed E-state index contributed by atoms with van der Waals surface area (Å²) in [5, 5.41) is 2.71. The van der Waals surface area contributed by atoms with Gasteiger partial charge >= 0.3 is 6.03 Å². The van der Waals surface area contributed by atoms with Crippen LogP contribution in [0.2, 0.25) is 0 Å². The molecule has 8 heteroatoms. The molecule has 0 aliphatic carbocycles. The van der Waals surface area contributed by atoms with Crippen LogP contribution in [0.25, 0.3) is 0 Å². The molecule has 0 saturated carbocycles. The van der Waals surface area contributed by atoms with Crippen LogP contribution in [0.5, 0.6) is 11.5 Å². The standard InChI is InChI=1S/C23H27N3O5/c1-23(17-8-6-5-7-9-17)21(28)26(22(29)24-23)15-20(27)25(2)13-12-16-10-11-18(30-3)19(14-16)31-4/h5-11,14H,12-13,15H2,1-4H3,(H,24,29)/t23-/m0/s1. The number of benzene rings is 2. The van der Waals surface area contributed by atoms with Gasteiger partial charge in [0.1, 0.15) is 12.1 Å². The van der Waals surface area contributed by atoms with Gasteiger partial charge < -0.3 is 19.7 Å². The summed E-state index contributed by atoms with van der Waals surface area (Å²) in [4.78, 5) is 40.6. The van der Waals surface area contributed by atoms with Crippen molar-refractivity contribution in [2.75, 3.05) is 34.4 Å². The minimum absolute atomic E-state index is 0.310. The van der Waals surface area contributed by atoms with E-state index >= 15 is 0 Å². The number of carbonyl (C=O) groups is 3. The third kappa shape index (κ3) is 4.47. The highest BCUT2D eigenvalue weighted by molar-refractivity contribution is 6.09. The number of nitrogens with one attached hydrogen (secondary N) is 1. The van der Waals surface area contributed by atoms with Crippen molar-refractivity contribution in [1.29, 1.82) is 0 Å². The van der Waals surface area contributed by atoms with Gasteiger partial charge in [-0.3, -0.25) is 14.5 Å². The average molecular weight is 425 g/mol. The molecule has 1 aliphatic heterocycles. The lowest BCUT2D eigenvalue weighted by molar-refractivity contribution is -0.138. The topological polar surface area (TPSA) is 88.2 Å². The van der Waals surface area contributed by atoms with Crippen LogP contribution in [0.15, 0.2) is 48.5 Å². The molecule has 1 fully saturated rings. The molecule has 2 aromatic rings. The van der Waals surface area contributed by atoms with Gasteiger partial charge in [0.25, 0.3) is 5.91 Å². The van der Waals surface area contributed by atoms with E-state index in [2.05, 4.69) is 5.32 Å². The van der Waals surface area contributed by atoms with E-state index in [-0.39, 0.29) is 12.5 Å². The number of likely N-dealkylation sites (N-methyl/N-ethyl adjacent to an activating group) is 1. The highest BCUT2D eigenvalue weighted by atomic mass is 16.5. The molecule has 1 atom stereocenters. The Hall–Kier alpha value is -3.55. The summed E-state index contributed by atoms with van der Waals surface area (Å²) in [5.74, 6) is 0.496. The third-order valence-corrected chi connectivity index (χ3v) is 5.53. The summed E-state index contributed by atoms with van der Waals surface area (Å²) in [7, 11) is 4.79. The van der Waals surface area contributed by atoms with E-state index in [1.807, 2.05) is 24.3 Å². The first-order chi connectivity index (χ1) is 14.8. The third-order valence-electron chi connectivity index (χ3n) is 5.53. The van der Waals surface area contributed by atoms with Crippen LogP contribution in [-0.4, -0.2) is 62.0 Å². The fraction of sp³-hybridized carbons (Fsp3) is 0.348. The quantitative estimate of drug-likeness (QED) is 0.655. The fourth-order valence-corrected chi connectivity index (χ4v) is 3.52. The van der Waals surface area contributed by atoms with E-state index in [1.165, 1.54) is 4.90 Å². The minimum atomic E-state index is -1.18. The Kier molecular flexibility index (Phi) is 6.48. The van der Waals surface area contributed by atoms with Crippen molar-refractivity contribution >= 4 is 17.8 Å².